The van der Waals surface area contributed by atoms with Crippen LogP contribution in [0.15, 0.2) is 5.03 Å². The van der Waals surface area contributed by atoms with Crippen LogP contribution < -0.4 is 5.32 Å². The Labute approximate surface area is 150 Å². The Morgan fingerprint density at radius 3 is 2.96 bits per heavy atom. The van der Waals surface area contributed by atoms with Gasteiger partial charge in [-0.1, -0.05) is 11.8 Å². The van der Waals surface area contributed by atoms with Crippen molar-refractivity contribution in [2.45, 2.75) is 49.8 Å². The fraction of sp³-hybridized carbons (Fsp3) is 0.588. The number of nitrogens with zero attached hydrogens (tertiary/aromatic N) is 2. The van der Waals surface area contributed by atoms with Crippen molar-refractivity contribution in [3.63, 3.8) is 0 Å². The Kier molecular flexibility index (Phi) is 5.73. The van der Waals surface area contributed by atoms with Crippen LogP contribution in [0.5, 0.6) is 0 Å². The molecule has 0 aliphatic heterocycles. The van der Waals surface area contributed by atoms with Gasteiger partial charge in [-0.25, -0.2) is 9.97 Å². The van der Waals surface area contributed by atoms with E-state index in [9.17, 15) is 4.79 Å². The molecule has 1 amide bonds. The highest BCUT2D eigenvalue weighted by Crippen LogP contribution is 2.40. The van der Waals surface area contributed by atoms with Gasteiger partial charge in [0.1, 0.15) is 15.7 Å². The summed E-state index contributed by atoms with van der Waals surface area (Å²) >= 11 is 3.33. The number of amides is 1. The second kappa shape index (κ2) is 7.80. The van der Waals surface area contributed by atoms with Gasteiger partial charge in [0.15, 0.2) is 0 Å². The van der Waals surface area contributed by atoms with Crippen molar-refractivity contribution in [1.82, 2.24) is 15.3 Å². The molecule has 0 radical (unpaired) electrons. The van der Waals surface area contributed by atoms with Gasteiger partial charge in [0.2, 0.25) is 5.91 Å². The maximum absolute atomic E-state index is 12.2. The average Bonchev–Trinajstić information content (AvgIpc) is 2.92. The number of rotatable bonds is 6. The molecule has 1 aliphatic carbocycles. The van der Waals surface area contributed by atoms with Crippen LogP contribution in [0.1, 0.15) is 36.0 Å². The van der Waals surface area contributed by atoms with Crippen LogP contribution in [0.25, 0.3) is 10.2 Å². The number of carbonyl (C=O) groups is 1. The Hall–Kier alpha value is -1.18. The van der Waals surface area contributed by atoms with Crippen LogP contribution in [0.4, 0.5) is 0 Å². The molecule has 24 heavy (non-hydrogen) atoms. The zero-order valence-electron chi connectivity index (χ0n) is 14.3. The fourth-order valence-electron chi connectivity index (χ4n) is 2.95. The molecular weight excluding hydrogens is 342 g/mol. The summed E-state index contributed by atoms with van der Waals surface area (Å²) in [6.07, 6.45) is 4.73. The number of thiophene rings is 1. The van der Waals surface area contributed by atoms with Gasteiger partial charge in [0, 0.05) is 23.9 Å². The first-order valence-corrected chi connectivity index (χ1v) is 10.0. The van der Waals surface area contributed by atoms with Gasteiger partial charge in [-0.2, -0.15) is 0 Å². The van der Waals surface area contributed by atoms with Crippen molar-refractivity contribution in [3.8, 4) is 0 Å². The Bertz CT molecular complexity index is 745. The third-order valence-corrected chi connectivity index (χ3v) is 6.43. The van der Waals surface area contributed by atoms with E-state index in [4.69, 9.17) is 4.74 Å². The summed E-state index contributed by atoms with van der Waals surface area (Å²) < 4.78 is 4.97. The summed E-state index contributed by atoms with van der Waals surface area (Å²) in [5, 5.41) is 4.83. The van der Waals surface area contributed by atoms with E-state index in [0.717, 1.165) is 28.5 Å². The van der Waals surface area contributed by atoms with E-state index in [1.165, 1.54) is 40.4 Å². The third kappa shape index (κ3) is 3.73. The highest BCUT2D eigenvalue weighted by Gasteiger charge is 2.23. The van der Waals surface area contributed by atoms with E-state index >= 15 is 0 Å². The second-order valence-electron chi connectivity index (χ2n) is 6.01. The SMILES string of the molecule is COCCNC(=O)[C@H](C)Sc1nc(C)nc2sc3c(c12)CCCC3. The Morgan fingerprint density at radius 2 is 2.17 bits per heavy atom. The molecule has 0 saturated heterocycles. The number of carbonyl (C=O) groups excluding carboxylic acids is 1. The van der Waals surface area contributed by atoms with Crippen LogP contribution in [0.3, 0.4) is 0 Å². The lowest BCUT2D eigenvalue weighted by Gasteiger charge is -2.14. The zero-order chi connectivity index (χ0) is 17.1. The number of ether oxygens (including phenoxy) is 1. The maximum Gasteiger partial charge on any atom is 0.233 e. The summed E-state index contributed by atoms with van der Waals surface area (Å²) in [6.45, 7) is 4.91. The van der Waals surface area contributed by atoms with Crippen LogP contribution in [-0.2, 0) is 22.4 Å². The molecule has 1 aliphatic rings. The molecule has 1 N–H and O–H groups in total. The second-order valence-corrected chi connectivity index (χ2v) is 8.42. The summed E-state index contributed by atoms with van der Waals surface area (Å²) in [5.74, 6) is 0.793. The van der Waals surface area contributed by atoms with Gasteiger partial charge in [-0.05, 0) is 45.1 Å². The highest BCUT2D eigenvalue weighted by molar-refractivity contribution is 8.00. The predicted octanol–water partition coefficient (Wildman–Crippen LogP) is 3.12. The van der Waals surface area contributed by atoms with E-state index in [0.29, 0.717) is 13.2 Å². The van der Waals surface area contributed by atoms with Crippen molar-refractivity contribution in [2.24, 2.45) is 0 Å². The quantitative estimate of drug-likeness (QED) is 0.484. The third-order valence-electron chi connectivity index (χ3n) is 4.16. The van der Waals surface area contributed by atoms with Crippen LogP contribution in [0.2, 0.25) is 0 Å². The number of aromatic nitrogens is 2. The molecular formula is C17H23N3O2S2. The summed E-state index contributed by atoms with van der Waals surface area (Å²) in [4.78, 5) is 24.1. The van der Waals surface area contributed by atoms with E-state index in [1.807, 2.05) is 13.8 Å². The molecule has 0 fully saturated rings. The van der Waals surface area contributed by atoms with Crippen LogP contribution in [-0.4, -0.2) is 41.4 Å². The normalized spacial score (nSPS) is 15.3. The van der Waals surface area contributed by atoms with Crippen LogP contribution in [0, 0.1) is 6.92 Å². The number of hydrogen-bond donors (Lipinski definition) is 1. The topological polar surface area (TPSA) is 64.1 Å². The highest BCUT2D eigenvalue weighted by atomic mass is 32.2. The molecule has 2 heterocycles. The first kappa shape index (κ1) is 17.6. The molecule has 2 aromatic rings. The van der Waals surface area contributed by atoms with Gasteiger partial charge in [-0.3, -0.25) is 4.79 Å². The summed E-state index contributed by atoms with van der Waals surface area (Å²) in [6, 6.07) is 0. The van der Waals surface area contributed by atoms with Gasteiger partial charge < -0.3 is 10.1 Å². The van der Waals surface area contributed by atoms with E-state index in [-0.39, 0.29) is 11.2 Å². The molecule has 7 heteroatoms. The van der Waals surface area contributed by atoms with E-state index in [1.54, 1.807) is 18.4 Å². The molecule has 5 nitrogen and oxygen atoms in total. The molecule has 2 aromatic heterocycles. The summed E-state index contributed by atoms with van der Waals surface area (Å²) in [7, 11) is 1.63. The minimum absolute atomic E-state index is 0.0190. The minimum atomic E-state index is -0.196. The van der Waals surface area contributed by atoms with Gasteiger partial charge in [0.25, 0.3) is 0 Å². The maximum atomic E-state index is 12.2. The van der Waals surface area contributed by atoms with Gasteiger partial charge in [0.05, 0.1) is 11.9 Å². The van der Waals surface area contributed by atoms with Gasteiger partial charge >= 0.3 is 0 Å². The zero-order valence-corrected chi connectivity index (χ0v) is 16.0. The van der Waals surface area contributed by atoms with Crippen LogP contribution >= 0.6 is 23.1 Å². The summed E-state index contributed by atoms with van der Waals surface area (Å²) in [5.41, 5.74) is 1.41. The first-order chi connectivity index (χ1) is 11.6. The van der Waals surface area contributed by atoms with Crippen molar-refractivity contribution in [2.75, 3.05) is 20.3 Å². The lowest BCUT2D eigenvalue weighted by molar-refractivity contribution is -0.120. The van der Waals surface area contributed by atoms with E-state index in [2.05, 4.69) is 15.3 Å². The molecule has 1 atom stereocenters. The number of fused-ring (bicyclic) bond motifs is 3. The number of methoxy groups -OCH3 is 1. The van der Waals surface area contributed by atoms with Crippen molar-refractivity contribution in [3.05, 3.63) is 16.3 Å². The fourth-order valence-corrected chi connectivity index (χ4v) is 5.37. The number of aryl methyl sites for hydroxylation is 3. The number of nitrogens with one attached hydrogen (secondary N) is 1. The van der Waals surface area contributed by atoms with E-state index < -0.39 is 0 Å². The Balaban J connectivity index is 1.85. The molecule has 0 aromatic carbocycles. The number of thioether (sulfide) groups is 1. The largest absolute Gasteiger partial charge is 0.383 e. The van der Waals surface area contributed by atoms with Crippen molar-refractivity contribution in [1.29, 1.82) is 0 Å². The smallest absolute Gasteiger partial charge is 0.233 e. The minimum Gasteiger partial charge on any atom is -0.383 e. The lowest BCUT2D eigenvalue weighted by Crippen LogP contribution is -2.33. The predicted molar refractivity (Wildman–Crippen MR) is 99.0 cm³/mol. The molecule has 0 unspecified atom stereocenters. The molecule has 0 bridgehead atoms. The molecule has 0 spiro atoms. The van der Waals surface area contributed by atoms with Crippen molar-refractivity contribution >= 4 is 39.2 Å². The Morgan fingerprint density at radius 1 is 1.38 bits per heavy atom. The molecule has 3 rings (SSSR count). The monoisotopic (exact) mass is 365 g/mol. The van der Waals surface area contributed by atoms with Gasteiger partial charge in [-0.15, -0.1) is 11.3 Å². The van der Waals surface area contributed by atoms with Crippen molar-refractivity contribution < 1.29 is 9.53 Å². The average molecular weight is 366 g/mol. The lowest BCUT2D eigenvalue weighted by atomic mass is 9.97. The molecule has 130 valence electrons. The molecule has 0 saturated carbocycles. The standard InChI is InChI=1S/C17H23N3O2S2/c1-10(15(21)18-8-9-22-3)23-16-14-12-6-4-5-7-13(12)24-17(14)20-11(2)19-16/h10H,4-9H2,1-3H3,(H,18,21)/t10-/m0/s1. The first-order valence-electron chi connectivity index (χ1n) is 8.32. The number of hydrogen-bond acceptors (Lipinski definition) is 6.